The molecular formula is C15H22BrN3O3S. The van der Waals surface area contributed by atoms with Gasteiger partial charge in [-0.05, 0) is 50.7 Å². The Morgan fingerprint density at radius 3 is 2.26 bits per heavy atom. The molecule has 1 aromatic carbocycles. The highest BCUT2D eigenvalue weighted by Crippen LogP contribution is 2.33. The Labute approximate surface area is 150 Å². The van der Waals surface area contributed by atoms with Crippen LogP contribution in [0.2, 0.25) is 0 Å². The van der Waals surface area contributed by atoms with E-state index < -0.39 is 0 Å². The lowest BCUT2D eigenvalue weighted by atomic mass is 10.1. The van der Waals surface area contributed by atoms with Gasteiger partial charge in [0.05, 0.1) is 20.6 Å². The van der Waals surface area contributed by atoms with Crippen molar-refractivity contribution < 1.29 is 14.3 Å². The number of carbonyl (C=O) groups excluding carboxylic acids is 1. The molecule has 0 aliphatic carbocycles. The zero-order valence-corrected chi connectivity index (χ0v) is 16.3. The molecule has 0 atom stereocenters. The van der Waals surface area contributed by atoms with E-state index >= 15 is 0 Å². The average molecular weight is 404 g/mol. The summed E-state index contributed by atoms with van der Waals surface area (Å²) in [6.07, 6.45) is 0.159. The Morgan fingerprint density at radius 1 is 1.17 bits per heavy atom. The lowest BCUT2D eigenvalue weighted by Gasteiger charge is -2.23. The summed E-state index contributed by atoms with van der Waals surface area (Å²) in [6.45, 7) is 5.93. The maximum Gasteiger partial charge on any atom is 0.242 e. The largest absolute Gasteiger partial charge is 0.493 e. The van der Waals surface area contributed by atoms with Crippen LogP contribution in [0.25, 0.3) is 0 Å². The van der Waals surface area contributed by atoms with Crippen LogP contribution in [0.3, 0.4) is 0 Å². The van der Waals surface area contributed by atoms with Crippen LogP contribution in [0.4, 0.5) is 0 Å². The normalized spacial score (nSPS) is 10.7. The maximum atomic E-state index is 12.0. The van der Waals surface area contributed by atoms with Gasteiger partial charge in [-0.1, -0.05) is 15.9 Å². The van der Waals surface area contributed by atoms with E-state index in [2.05, 4.69) is 32.1 Å². The van der Waals surface area contributed by atoms with Gasteiger partial charge >= 0.3 is 0 Å². The van der Waals surface area contributed by atoms with Crippen molar-refractivity contribution in [2.24, 2.45) is 0 Å². The van der Waals surface area contributed by atoms with Gasteiger partial charge in [0.1, 0.15) is 0 Å². The standard InChI is InChI=1S/C15H22BrN3O3S/c1-15(2,3)17-14(23)19-18-13(20)7-9-6-11(21-4)12(22-5)8-10(9)16/h6,8H,7H2,1-5H3,(H,18,20)(H2,17,19,23). The first-order chi connectivity index (χ1) is 10.7. The fraction of sp³-hybridized carbons (Fsp3) is 0.467. The monoisotopic (exact) mass is 403 g/mol. The number of carbonyl (C=O) groups is 1. The quantitative estimate of drug-likeness (QED) is 0.529. The number of benzene rings is 1. The van der Waals surface area contributed by atoms with Crippen molar-refractivity contribution in [3.63, 3.8) is 0 Å². The van der Waals surface area contributed by atoms with Crippen molar-refractivity contribution in [2.45, 2.75) is 32.7 Å². The number of thiocarbonyl (C=S) groups is 1. The zero-order chi connectivity index (χ0) is 17.6. The molecule has 0 fully saturated rings. The smallest absolute Gasteiger partial charge is 0.242 e. The number of hydrogen-bond acceptors (Lipinski definition) is 4. The van der Waals surface area contributed by atoms with Crippen LogP contribution in [0, 0.1) is 0 Å². The van der Waals surface area contributed by atoms with E-state index in [1.165, 1.54) is 0 Å². The molecule has 0 aliphatic rings. The molecule has 0 aliphatic heterocycles. The average Bonchev–Trinajstić information content (AvgIpc) is 2.45. The van der Waals surface area contributed by atoms with Gasteiger partial charge in [0.2, 0.25) is 5.91 Å². The van der Waals surface area contributed by atoms with E-state index in [1.54, 1.807) is 26.4 Å². The zero-order valence-electron chi connectivity index (χ0n) is 13.9. The molecule has 1 rings (SSSR count). The minimum atomic E-state index is -0.226. The summed E-state index contributed by atoms with van der Waals surface area (Å²) in [4.78, 5) is 12.0. The highest BCUT2D eigenvalue weighted by Gasteiger charge is 2.14. The number of nitrogens with one attached hydrogen (secondary N) is 3. The molecule has 1 aromatic rings. The summed E-state index contributed by atoms with van der Waals surface area (Å²) in [7, 11) is 3.11. The van der Waals surface area contributed by atoms with Crippen molar-refractivity contribution in [1.29, 1.82) is 0 Å². The van der Waals surface area contributed by atoms with E-state index in [0.29, 0.717) is 16.6 Å². The Balaban J connectivity index is 2.66. The van der Waals surface area contributed by atoms with Crippen molar-refractivity contribution in [1.82, 2.24) is 16.2 Å². The number of halogens is 1. The number of ether oxygens (including phenoxy) is 2. The minimum absolute atomic E-state index is 0.159. The Hall–Kier alpha value is -1.54. The second-order valence-corrected chi connectivity index (χ2v) is 7.12. The van der Waals surface area contributed by atoms with Gasteiger partial charge in [-0.2, -0.15) is 0 Å². The van der Waals surface area contributed by atoms with Crippen LogP contribution in [-0.2, 0) is 11.2 Å². The van der Waals surface area contributed by atoms with Gasteiger partial charge in [-0.15, -0.1) is 0 Å². The third-order valence-corrected chi connectivity index (χ3v) is 3.65. The lowest BCUT2D eigenvalue weighted by Crippen LogP contribution is -2.52. The van der Waals surface area contributed by atoms with Crippen LogP contribution in [0.1, 0.15) is 26.3 Å². The first kappa shape index (κ1) is 19.5. The maximum absolute atomic E-state index is 12.0. The third-order valence-electron chi connectivity index (χ3n) is 2.71. The van der Waals surface area contributed by atoms with Crippen LogP contribution >= 0.6 is 28.1 Å². The molecule has 0 bridgehead atoms. The molecule has 0 unspecified atom stereocenters. The van der Waals surface area contributed by atoms with Gasteiger partial charge in [0, 0.05) is 10.0 Å². The van der Waals surface area contributed by atoms with Gasteiger partial charge < -0.3 is 14.8 Å². The van der Waals surface area contributed by atoms with E-state index in [1.807, 2.05) is 20.8 Å². The molecular weight excluding hydrogens is 382 g/mol. The van der Waals surface area contributed by atoms with Crippen LogP contribution < -0.4 is 25.6 Å². The van der Waals surface area contributed by atoms with Gasteiger partial charge in [0.25, 0.3) is 0 Å². The van der Waals surface area contributed by atoms with E-state index in [4.69, 9.17) is 21.7 Å². The molecule has 23 heavy (non-hydrogen) atoms. The number of amides is 1. The fourth-order valence-electron chi connectivity index (χ4n) is 1.75. The molecule has 1 amide bonds. The highest BCUT2D eigenvalue weighted by molar-refractivity contribution is 9.10. The predicted octanol–water partition coefficient (Wildman–Crippen LogP) is 2.30. The molecule has 6 nitrogen and oxygen atoms in total. The molecule has 8 heteroatoms. The number of hydrogen-bond donors (Lipinski definition) is 3. The van der Waals surface area contributed by atoms with Gasteiger partial charge in [-0.25, -0.2) is 0 Å². The van der Waals surface area contributed by atoms with E-state index in [9.17, 15) is 4.79 Å². The van der Waals surface area contributed by atoms with Crippen molar-refractivity contribution in [3.05, 3.63) is 22.2 Å². The molecule has 3 N–H and O–H groups in total. The second-order valence-electron chi connectivity index (χ2n) is 5.85. The molecule has 0 radical (unpaired) electrons. The molecule has 128 valence electrons. The number of methoxy groups -OCH3 is 2. The molecule has 0 saturated heterocycles. The Kier molecular flexibility index (Phi) is 7.08. The fourth-order valence-corrected chi connectivity index (χ4v) is 2.57. The van der Waals surface area contributed by atoms with E-state index in [0.717, 1.165) is 10.0 Å². The van der Waals surface area contributed by atoms with Crippen molar-refractivity contribution in [3.8, 4) is 11.5 Å². The molecule has 0 spiro atoms. The van der Waals surface area contributed by atoms with Crippen molar-refractivity contribution in [2.75, 3.05) is 14.2 Å². The number of hydrazine groups is 1. The first-order valence-electron chi connectivity index (χ1n) is 6.93. The summed E-state index contributed by atoms with van der Waals surface area (Å²) >= 11 is 8.53. The second kappa shape index (κ2) is 8.35. The summed E-state index contributed by atoms with van der Waals surface area (Å²) < 4.78 is 11.2. The minimum Gasteiger partial charge on any atom is -0.493 e. The summed E-state index contributed by atoms with van der Waals surface area (Å²) in [5.41, 5.74) is 5.84. The van der Waals surface area contributed by atoms with Gasteiger partial charge in [0.15, 0.2) is 16.6 Å². The first-order valence-corrected chi connectivity index (χ1v) is 8.14. The molecule has 0 aromatic heterocycles. The molecule has 0 heterocycles. The Morgan fingerprint density at radius 2 is 1.74 bits per heavy atom. The SMILES string of the molecule is COc1cc(Br)c(CC(=O)NNC(=S)NC(C)(C)C)cc1OC. The van der Waals surface area contributed by atoms with Crippen LogP contribution in [0.15, 0.2) is 16.6 Å². The van der Waals surface area contributed by atoms with Crippen LogP contribution in [-0.4, -0.2) is 30.8 Å². The van der Waals surface area contributed by atoms with Crippen molar-refractivity contribution >= 4 is 39.2 Å². The topological polar surface area (TPSA) is 71.6 Å². The predicted molar refractivity (Wildman–Crippen MR) is 97.7 cm³/mol. The van der Waals surface area contributed by atoms with E-state index in [-0.39, 0.29) is 17.9 Å². The highest BCUT2D eigenvalue weighted by atomic mass is 79.9. The number of rotatable bonds is 4. The van der Waals surface area contributed by atoms with Crippen LogP contribution in [0.5, 0.6) is 11.5 Å². The van der Waals surface area contributed by atoms with Gasteiger partial charge in [-0.3, -0.25) is 15.6 Å². The summed E-state index contributed by atoms with van der Waals surface area (Å²) in [6, 6.07) is 3.52. The Bertz CT molecular complexity index is 588. The summed E-state index contributed by atoms with van der Waals surface area (Å²) in [5, 5.41) is 3.40. The summed E-state index contributed by atoms with van der Waals surface area (Å²) in [5.74, 6) is 0.935. The molecule has 0 saturated carbocycles. The lowest BCUT2D eigenvalue weighted by molar-refractivity contribution is -0.121. The third kappa shape index (κ3) is 6.62.